The third kappa shape index (κ3) is 2.79. The average molecular weight is 248 g/mol. The van der Waals surface area contributed by atoms with Crippen LogP contribution in [0.25, 0.3) is 11.3 Å². The zero-order valence-electron chi connectivity index (χ0n) is 9.75. The number of nitrogens with zero attached hydrogens (tertiary/aromatic N) is 1. The summed E-state index contributed by atoms with van der Waals surface area (Å²) in [4.78, 5) is 10.4. The summed E-state index contributed by atoms with van der Waals surface area (Å²) in [5.74, 6) is 1.19. The maximum atomic E-state index is 10.4. The molecule has 1 aromatic heterocycles. The van der Waals surface area contributed by atoms with Gasteiger partial charge in [0.05, 0.1) is 7.11 Å². The minimum atomic E-state index is -0.850. The van der Waals surface area contributed by atoms with E-state index in [1.807, 2.05) is 24.3 Å². The number of rotatable bonds is 4. The first kappa shape index (κ1) is 12.0. The molecule has 2 N–H and O–H groups in total. The number of nitrogens with two attached hydrogens (primary N) is 1. The molecule has 0 atom stereocenters. The van der Waals surface area contributed by atoms with Crippen LogP contribution in [0.4, 0.5) is 4.79 Å². The molecule has 0 fully saturated rings. The van der Waals surface area contributed by atoms with Crippen molar-refractivity contribution >= 4 is 6.09 Å². The van der Waals surface area contributed by atoms with Crippen LogP contribution < -0.4 is 10.5 Å². The second kappa shape index (κ2) is 5.22. The van der Waals surface area contributed by atoms with Crippen molar-refractivity contribution in [3.63, 3.8) is 0 Å². The quantitative estimate of drug-likeness (QED) is 0.893. The Morgan fingerprint density at radius 2 is 2.11 bits per heavy atom. The third-order valence-corrected chi connectivity index (χ3v) is 2.30. The minimum Gasteiger partial charge on any atom is -0.497 e. The Hall–Kier alpha value is -2.50. The van der Waals surface area contributed by atoms with E-state index in [1.54, 1.807) is 13.2 Å². The molecular weight excluding hydrogens is 236 g/mol. The maximum Gasteiger partial charge on any atom is 0.404 e. The van der Waals surface area contributed by atoms with Gasteiger partial charge < -0.3 is 19.7 Å². The molecule has 1 aromatic carbocycles. The van der Waals surface area contributed by atoms with Crippen LogP contribution in [-0.2, 0) is 11.3 Å². The second-order valence-electron chi connectivity index (χ2n) is 3.51. The largest absolute Gasteiger partial charge is 0.497 e. The number of hydrogen-bond acceptors (Lipinski definition) is 5. The summed E-state index contributed by atoms with van der Waals surface area (Å²) in [6.07, 6.45) is -0.850. The fourth-order valence-electron chi connectivity index (χ4n) is 1.42. The van der Waals surface area contributed by atoms with Gasteiger partial charge in [-0.2, -0.15) is 0 Å². The van der Waals surface area contributed by atoms with Gasteiger partial charge in [-0.15, -0.1) is 0 Å². The molecule has 0 unspecified atom stereocenters. The number of amides is 1. The summed E-state index contributed by atoms with van der Waals surface area (Å²) in [5.41, 5.74) is 6.39. The molecule has 1 amide bonds. The highest BCUT2D eigenvalue weighted by molar-refractivity contribution is 5.64. The van der Waals surface area contributed by atoms with E-state index in [0.29, 0.717) is 11.5 Å². The molecule has 6 heteroatoms. The van der Waals surface area contributed by atoms with Crippen molar-refractivity contribution in [3.8, 4) is 17.0 Å². The van der Waals surface area contributed by atoms with E-state index in [1.165, 1.54) is 0 Å². The van der Waals surface area contributed by atoms with Crippen LogP contribution in [0.15, 0.2) is 34.9 Å². The lowest BCUT2D eigenvalue weighted by molar-refractivity contribution is 0.137. The lowest BCUT2D eigenvalue weighted by Gasteiger charge is -1.99. The topological polar surface area (TPSA) is 87.6 Å². The van der Waals surface area contributed by atoms with Crippen LogP contribution >= 0.6 is 0 Å². The van der Waals surface area contributed by atoms with E-state index < -0.39 is 6.09 Å². The molecule has 0 aliphatic heterocycles. The Morgan fingerprint density at radius 1 is 1.39 bits per heavy atom. The number of aromatic nitrogens is 1. The molecule has 0 spiro atoms. The molecule has 0 saturated heterocycles. The summed E-state index contributed by atoms with van der Waals surface area (Å²) >= 11 is 0. The SMILES string of the molecule is COc1ccc(-c2cc(COC(N)=O)on2)cc1. The van der Waals surface area contributed by atoms with E-state index in [2.05, 4.69) is 9.89 Å². The standard InChI is InChI=1S/C12H12N2O4/c1-16-9-4-2-8(3-5-9)11-6-10(18-14-11)7-17-12(13)15/h2-6H,7H2,1H3,(H2,13,15). The van der Waals surface area contributed by atoms with Gasteiger partial charge in [-0.3, -0.25) is 0 Å². The molecule has 0 bridgehead atoms. The van der Waals surface area contributed by atoms with Gasteiger partial charge in [-0.25, -0.2) is 4.79 Å². The van der Waals surface area contributed by atoms with Gasteiger partial charge in [0.1, 0.15) is 11.4 Å². The molecule has 94 valence electrons. The first-order chi connectivity index (χ1) is 8.69. The van der Waals surface area contributed by atoms with Gasteiger partial charge in [-0.05, 0) is 24.3 Å². The van der Waals surface area contributed by atoms with Crippen molar-refractivity contribution in [1.29, 1.82) is 0 Å². The maximum absolute atomic E-state index is 10.4. The number of ether oxygens (including phenoxy) is 2. The van der Waals surface area contributed by atoms with Crippen molar-refractivity contribution in [2.45, 2.75) is 6.61 Å². The van der Waals surface area contributed by atoms with Gasteiger partial charge in [0.2, 0.25) is 0 Å². The first-order valence-corrected chi connectivity index (χ1v) is 5.21. The van der Waals surface area contributed by atoms with Crippen LogP contribution in [0.3, 0.4) is 0 Å². The van der Waals surface area contributed by atoms with Crippen molar-refractivity contribution in [3.05, 3.63) is 36.1 Å². The van der Waals surface area contributed by atoms with E-state index >= 15 is 0 Å². The summed E-state index contributed by atoms with van der Waals surface area (Å²) in [6.45, 7) is -0.0293. The van der Waals surface area contributed by atoms with Crippen molar-refractivity contribution < 1.29 is 18.8 Å². The Morgan fingerprint density at radius 3 is 2.72 bits per heavy atom. The van der Waals surface area contributed by atoms with Crippen LogP contribution in [0.5, 0.6) is 5.75 Å². The number of methoxy groups -OCH3 is 1. The normalized spacial score (nSPS) is 10.1. The number of carbonyl (C=O) groups excluding carboxylic acids is 1. The molecule has 0 saturated carbocycles. The van der Waals surface area contributed by atoms with Crippen molar-refractivity contribution in [2.75, 3.05) is 7.11 Å². The molecule has 0 aliphatic rings. The predicted molar refractivity (Wildman–Crippen MR) is 62.9 cm³/mol. The Bertz CT molecular complexity index is 533. The van der Waals surface area contributed by atoms with E-state index in [4.69, 9.17) is 15.0 Å². The summed E-state index contributed by atoms with van der Waals surface area (Å²) in [6, 6.07) is 9.04. The van der Waals surface area contributed by atoms with E-state index in [0.717, 1.165) is 11.3 Å². The van der Waals surface area contributed by atoms with Gasteiger partial charge in [-0.1, -0.05) is 5.16 Å². The van der Waals surface area contributed by atoms with Gasteiger partial charge in [0, 0.05) is 11.6 Å². The van der Waals surface area contributed by atoms with Crippen molar-refractivity contribution in [2.24, 2.45) is 5.73 Å². The summed E-state index contributed by atoms with van der Waals surface area (Å²) in [5, 5.41) is 3.87. The van der Waals surface area contributed by atoms with Gasteiger partial charge in [0.25, 0.3) is 0 Å². The van der Waals surface area contributed by atoms with E-state index in [-0.39, 0.29) is 6.61 Å². The van der Waals surface area contributed by atoms with Crippen LogP contribution in [-0.4, -0.2) is 18.4 Å². The Labute approximate surface area is 103 Å². The number of benzene rings is 1. The van der Waals surface area contributed by atoms with Gasteiger partial charge in [0.15, 0.2) is 12.4 Å². The highest BCUT2D eigenvalue weighted by Gasteiger charge is 2.08. The Balaban J connectivity index is 2.10. The number of carbonyl (C=O) groups is 1. The predicted octanol–water partition coefficient (Wildman–Crippen LogP) is 1.95. The van der Waals surface area contributed by atoms with Crippen LogP contribution in [0, 0.1) is 0 Å². The third-order valence-electron chi connectivity index (χ3n) is 2.30. The molecular formula is C12H12N2O4. The number of primary amides is 1. The summed E-state index contributed by atoms with van der Waals surface area (Å²) in [7, 11) is 1.60. The first-order valence-electron chi connectivity index (χ1n) is 5.21. The average Bonchev–Trinajstić information content (AvgIpc) is 2.85. The molecule has 1 heterocycles. The Kier molecular flexibility index (Phi) is 3.47. The lowest BCUT2D eigenvalue weighted by atomic mass is 10.1. The fourth-order valence-corrected chi connectivity index (χ4v) is 1.42. The van der Waals surface area contributed by atoms with E-state index in [9.17, 15) is 4.79 Å². The lowest BCUT2D eigenvalue weighted by Crippen LogP contribution is -2.12. The molecule has 6 nitrogen and oxygen atoms in total. The van der Waals surface area contributed by atoms with Gasteiger partial charge >= 0.3 is 6.09 Å². The highest BCUT2D eigenvalue weighted by Crippen LogP contribution is 2.22. The molecule has 18 heavy (non-hydrogen) atoms. The zero-order chi connectivity index (χ0) is 13.0. The van der Waals surface area contributed by atoms with Crippen LogP contribution in [0.1, 0.15) is 5.76 Å². The molecule has 2 rings (SSSR count). The number of hydrogen-bond donors (Lipinski definition) is 1. The molecule has 2 aromatic rings. The molecule has 0 aliphatic carbocycles. The zero-order valence-corrected chi connectivity index (χ0v) is 9.75. The van der Waals surface area contributed by atoms with Crippen molar-refractivity contribution in [1.82, 2.24) is 5.16 Å². The summed E-state index contributed by atoms with van der Waals surface area (Å²) < 4.78 is 14.7. The second-order valence-corrected chi connectivity index (χ2v) is 3.51. The minimum absolute atomic E-state index is 0.0293. The monoisotopic (exact) mass is 248 g/mol. The molecule has 0 radical (unpaired) electrons. The fraction of sp³-hybridized carbons (Fsp3) is 0.167. The van der Waals surface area contributed by atoms with Crippen LogP contribution in [0.2, 0.25) is 0 Å². The highest BCUT2D eigenvalue weighted by atomic mass is 16.6. The smallest absolute Gasteiger partial charge is 0.404 e.